The van der Waals surface area contributed by atoms with E-state index in [0.717, 1.165) is 6.20 Å². The number of hydrogen-bond donors (Lipinski definition) is 3. The molecule has 0 aliphatic heterocycles. The third-order valence-electron chi connectivity index (χ3n) is 0.464. The van der Waals surface area contributed by atoms with Crippen LogP contribution < -0.4 is 17.2 Å². The normalized spacial score (nSPS) is 11.1. The summed E-state index contributed by atoms with van der Waals surface area (Å²) in [6.45, 7) is 0. The summed E-state index contributed by atoms with van der Waals surface area (Å²) in [6.07, 6.45) is 0.961. The molecule has 0 radical (unpaired) electrons. The maximum atomic E-state index is 9.88. The van der Waals surface area contributed by atoms with Crippen molar-refractivity contribution in [2.45, 2.75) is 0 Å². The Hall–Kier alpha value is -1.19. The van der Waals surface area contributed by atoms with Gasteiger partial charge in [-0.3, -0.25) is 4.79 Å². The number of hydrogen-bond acceptors (Lipinski definition) is 3. The number of amides is 1. The highest BCUT2D eigenvalue weighted by atomic mass is 16.1. The summed E-state index contributed by atoms with van der Waals surface area (Å²) in [5, 5.41) is 0. The average Bonchev–Trinajstić information content (AvgIpc) is 1.65. The molecule has 0 rings (SSSR count). The van der Waals surface area contributed by atoms with Gasteiger partial charge in [0.05, 0.1) is 0 Å². The molecule has 0 aliphatic rings. The summed E-state index contributed by atoms with van der Waals surface area (Å²) in [7, 11) is 0. The topological polar surface area (TPSA) is 95.1 Å². The van der Waals surface area contributed by atoms with Gasteiger partial charge < -0.3 is 17.2 Å². The second-order valence-corrected chi connectivity index (χ2v) is 0.986. The van der Waals surface area contributed by atoms with Crippen LogP contribution in [0.15, 0.2) is 11.9 Å². The van der Waals surface area contributed by atoms with E-state index < -0.39 is 5.91 Å². The van der Waals surface area contributed by atoms with Crippen molar-refractivity contribution in [1.82, 2.24) is 0 Å². The molecule has 0 fully saturated rings. The molecule has 0 atom stereocenters. The Labute approximate surface area is 41.0 Å². The lowest BCUT2D eigenvalue weighted by Gasteiger charge is -1.86. The van der Waals surface area contributed by atoms with Crippen LogP contribution in [0.5, 0.6) is 0 Å². The van der Waals surface area contributed by atoms with Crippen LogP contribution in [-0.2, 0) is 4.79 Å². The predicted octanol–water partition coefficient (Wildman–Crippen LogP) is -1.77. The van der Waals surface area contributed by atoms with Gasteiger partial charge in [-0.15, -0.1) is 0 Å². The van der Waals surface area contributed by atoms with Crippen molar-refractivity contribution in [3.8, 4) is 0 Å². The predicted molar refractivity (Wildman–Crippen MR) is 25.7 cm³/mol. The Morgan fingerprint density at radius 2 is 1.86 bits per heavy atom. The van der Waals surface area contributed by atoms with E-state index in [0.29, 0.717) is 0 Å². The first-order valence-electron chi connectivity index (χ1n) is 1.65. The van der Waals surface area contributed by atoms with Crippen molar-refractivity contribution < 1.29 is 4.79 Å². The highest BCUT2D eigenvalue weighted by Gasteiger charge is 1.91. The maximum absolute atomic E-state index is 9.88. The number of carbonyl (C=O) groups excluding carboxylic acids is 1. The zero-order valence-corrected chi connectivity index (χ0v) is 3.72. The molecule has 7 heavy (non-hydrogen) atoms. The molecule has 0 aliphatic carbocycles. The van der Waals surface area contributed by atoms with E-state index in [1.165, 1.54) is 0 Å². The van der Waals surface area contributed by atoms with E-state index in [1.54, 1.807) is 0 Å². The van der Waals surface area contributed by atoms with Crippen LogP contribution in [0.4, 0.5) is 0 Å². The number of nitrogens with two attached hydrogens (primary N) is 3. The van der Waals surface area contributed by atoms with Crippen molar-refractivity contribution in [1.29, 1.82) is 0 Å². The molecule has 0 spiro atoms. The molecule has 0 aromatic heterocycles. The molecule has 1 amide bonds. The molecule has 0 bridgehead atoms. The fourth-order valence-electron chi connectivity index (χ4n) is 0.0821. The Kier molecular flexibility index (Phi) is 1.72. The first kappa shape index (κ1) is 5.81. The van der Waals surface area contributed by atoms with Crippen LogP contribution >= 0.6 is 0 Å². The van der Waals surface area contributed by atoms with Crippen LogP contribution in [0.2, 0.25) is 0 Å². The van der Waals surface area contributed by atoms with Gasteiger partial charge in [0.25, 0.3) is 5.91 Å². The molecule has 4 nitrogen and oxygen atoms in total. The summed E-state index contributed by atoms with van der Waals surface area (Å²) in [6, 6.07) is 0. The Balaban J connectivity index is 3.82. The monoisotopic (exact) mass is 101 g/mol. The van der Waals surface area contributed by atoms with Crippen LogP contribution in [0.3, 0.4) is 0 Å². The van der Waals surface area contributed by atoms with E-state index in [1.807, 2.05) is 0 Å². The zero-order valence-electron chi connectivity index (χ0n) is 3.72. The van der Waals surface area contributed by atoms with E-state index in [2.05, 4.69) is 5.73 Å². The first-order valence-corrected chi connectivity index (χ1v) is 1.65. The molecule has 0 heterocycles. The van der Waals surface area contributed by atoms with Crippen molar-refractivity contribution in [3.63, 3.8) is 0 Å². The van der Waals surface area contributed by atoms with Gasteiger partial charge >= 0.3 is 0 Å². The van der Waals surface area contributed by atoms with Crippen molar-refractivity contribution >= 4 is 5.91 Å². The third-order valence-corrected chi connectivity index (χ3v) is 0.464. The third kappa shape index (κ3) is 1.64. The maximum Gasteiger partial charge on any atom is 0.266 e. The van der Waals surface area contributed by atoms with Crippen molar-refractivity contribution in [3.05, 3.63) is 11.9 Å². The fourth-order valence-corrected chi connectivity index (χ4v) is 0.0821. The van der Waals surface area contributed by atoms with Gasteiger partial charge in [-0.1, -0.05) is 0 Å². The van der Waals surface area contributed by atoms with Gasteiger partial charge in [0, 0.05) is 6.20 Å². The SMILES string of the molecule is N/C=C(/N)C(N)=O. The number of rotatable bonds is 1. The molecular weight excluding hydrogens is 94.1 g/mol. The Morgan fingerprint density at radius 1 is 1.43 bits per heavy atom. The largest absolute Gasteiger partial charge is 0.403 e. The molecule has 0 unspecified atom stereocenters. The molecule has 4 heteroatoms. The van der Waals surface area contributed by atoms with Gasteiger partial charge in [0.2, 0.25) is 0 Å². The first-order chi connectivity index (χ1) is 3.18. The van der Waals surface area contributed by atoms with Gasteiger partial charge in [-0.25, -0.2) is 0 Å². The van der Waals surface area contributed by atoms with E-state index in [4.69, 9.17) is 11.5 Å². The van der Waals surface area contributed by atoms with Crippen molar-refractivity contribution in [2.75, 3.05) is 0 Å². The van der Waals surface area contributed by atoms with Crippen LogP contribution in [0, 0.1) is 0 Å². The number of primary amides is 1. The van der Waals surface area contributed by atoms with Gasteiger partial charge in [-0.2, -0.15) is 0 Å². The lowest BCUT2D eigenvalue weighted by Crippen LogP contribution is -2.20. The van der Waals surface area contributed by atoms with Crippen LogP contribution in [0.25, 0.3) is 0 Å². The van der Waals surface area contributed by atoms with Crippen molar-refractivity contribution in [2.24, 2.45) is 17.2 Å². The fraction of sp³-hybridized carbons (Fsp3) is 0. The average molecular weight is 101 g/mol. The van der Waals surface area contributed by atoms with E-state index in [9.17, 15) is 4.79 Å². The standard InChI is InChI=1S/C3H7N3O/c4-1-2(5)3(6)7/h1H,4-5H2,(H2,6,7)/b2-1+. The molecule has 0 saturated heterocycles. The van der Waals surface area contributed by atoms with Crippen LogP contribution in [-0.4, -0.2) is 5.91 Å². The molecule has 40 valence electrons. The summed E-state index contributed by atoms with van der Waals surface area (Å²) in [5.74, 6) is -0.692. The van der Waals surface area contributed by atoms with E-state index in [-0.39, 0.29) is 5.70 Å². The molecule has 0 aromatic carbocycles. The smallest absolute Gasteiger partial charge is 0.266 e. The highest BCUT2D eigenvalue weighted by molar-refractivity contribution is 5.90. The second kappa shape index (κ2) is 2.07. The minimum Gasteiger partial charge on any atom is -0.403 e. The quantitative estimate of drug-likeness (QED) is 0.341. The van der Waals surface area contributed by atoms with Gasteiger partial charge in [-0.05, 0) is 0 Å². The zero-order chi connectivity index (χ0) is 5.86. The van der Waals surface area contributed by atoms with Crippen LogP contribution in [0.1, 0.15) is 0 Å². The Bertz CT molecular complexity index is 107. The summed E-state index contributed by atoms with van der Waals surface area (Å²) >= 11 is 0. The summed E-state index contributed by atoms with van der Waals surface area (Å²) in [4.78, 5) is 9.88. The van der Waals surface area contributed by atoms with E-state index >= 15 is 0 Å². The minimum absolute atomic E-state index is 0.111. The summed E-state index contributed by atoms with van der Waals surface area (Å²) in [5.41, 5.74) is 14.2. The lowest BCUT2D eigenvalue weighted by atomic mass is 10.5. The number of carbonyl (C=O) groups is 1. The highest BCUT2D eigenvalue weighted by Crippen LogP contribution is 1.70. The molecular formula is C3H7N3O. The summed E-state index contributed by atoms with van der Waals surface area (Å²) < 4.78 is 0. The molecule has 0 saturated carbocycles. The molecule has 0 aromatic rings. The lowest BCUT2D eigenvalue weighted by molar-refractivity contribution is -0.114. The van der Waals surface area contributed by atoms with Gasteiger partial charge in [0.15, 0.2) is 0 Å². The second-order valence-electron chi connectivity index (χ2n) is 0.986. The van der Waals surface area contributed by atoms with Gasteiger partial charge in [0.1, 0.15) is 5.70 Å². The molecule has 6 N–H and O–H groups in total. The Morgan fingerprint density at radius 3 is 1.86 bits per heavy atom. The minimum atomic E-state index is -0.692.